The lowest BCUT2D eigenvalue weighted by molar-refractivity contribution is -0.133. The minimum atomic E-state index is -0.816. The van der Waals surface area contributed by atoms with Gasteiger partial charge in [0.1, 0.15) is 17.5 Å². The van der Waals surface area contributed by atoms with Gasteiger partial charge < -0.3 is 15.0 Å². The van der Waals surface area contributed by atoms with Gasteiger partial charge in [-0.15, -0.1) is 0 Å². The summed E-state index contributed by atoms with van der Waals surface area (Å²) in [6.45, 7) is 5.51. The van der Waals surface area contributed by atoms with Crippen LogP contribution in [0.3, 0.4) is 0 Å². The molecule has 128 valence electrons. The van der Waals surface area contributed by atoms with Gasteiger partial charge in [0.25, 0.3) is 0 Å². The fraction of sp³-hybridized carbons (Fsp3) is 0.688. The molecule has 0 saturated heterocycles. The topological polar surface area (TPSA) is 82.4 Å². The van der Waals surface area contributed by atoms with E-state index in [1.54, 1.807) is 20.8 Å². The number of alkyl carbamates (subject to hydrolysis) is 1. The maximum atomic E-state index is 13.4. The maximum Gasteiger partial charge on any atom is 0.408 e. The van der Waals surface area contributed by atoms with Crippen LogP contribution in [0.1, 0.15) is 46.5 Å². The Labute approximate surface area is 136 Å². The van der Waals surface area contributed by atoms with Crippen LogP contribution in [-0.2, 0) is 9.53 Å². The molecule has 0 radical (unpaired) electrons. The molecule has 0 spiro atoms. The van der Waals surface area contributed by atoms with Crippen molar-refractivity contribution in [2.24, 2.45) is 0 Å². The molecule has 1 heterocycles. The molecule has 0 aromatic rings. The molecule has 0 aromatic heterocycles. The molecule has 2 amide bonds. The van der Waals surface area contributed by atoms with Crippen LogP contribution in [0.25, 0.3) is 0 Å². The third-order valence-corrected chi connectivity index (χ3v) is 3.19. The summed E-state index contributed by atoms with van der Waals surface area (Å²) in [6.07, 6.45) is 2.28. The second-order valence-corrected chi connectivity index (χ2v) is 6.45. The van der Waals surface area contributed by atoms with Crippen LogP contribution in [0.15, 0.2) is 11.9 Å². The van der Waals surface area contributed by atoms with E-state index in [1.165, 1.54) is 11.0 Å². The molecule has 0 aromatic carbocycles. The molecular formula is C16H24FN3O3. The Hall–Kier alpha value is -2.10. The molecule has 1 N–H and O–H groups in total. The van der Waals surface area contributed by atoms with Gasteiger partial charge in [0.2, 0.25) is 5.91 Å². The highest BCUT2D eigenvalue weighted by molar-refractivity contribution is 5.86. The van der Waals surface area contributed by atoms with Crippen LogP contribution in [-0.4, -0.2) is 41.6 Å². The smallest absolute Gasteiger partial charge is 0.408 e. The number of hydrogen-bond donors (Lipinski definition) is 1. The Kier molecular flexibility index (Phi) is 7.01. The molecular weight excluding hydrogens is 301 g/mol. The van der Waals surface area contributed by atoms with Gasteiger partial charge in [-0.25, -0.2) is 9.18 Å². The highest BCUT2D eigenvalue weighted by atomic mass is 19.1. The summed E-state index contributed by atoms with van der Waals surface area (Å²) in [5, 5.41) is 11.2. The third kappa shape index (κ3) is 7.13. The van der Waals surface area contributed by atoms with Crippen LogP contribution in [0, 0.1) is 11.3 Å². The van der Waals surface area contributed by atoms with Gasteiger partial charge in [-0.3, -0.25) is 4.79 Å². The maximum absolute atomic E-state index is 13.4. The number of nitriles is 1. The van der Waals surface area contributed by atoms with E-state index < -0.39 is 17.7 Å². The van der Waals surface area contributed by atoms with Crippen LogP contribution < -0.4 is 5.32 Å². The lowest BCUT2D eigenvalue weighted by Gasteiger charge is -2.30. The molecule has 6 nitrogen and oxygen atoms in total. The van der Waals surface area contributed by atoms with E-state index in [0.717, 1.165) is 0 Å². The van der Waals surface area contributed by atoms with E-state index in [1.807, 2.05) is 6.07 Å². The summed E-state index contributed by atoms with van der Waals surface area (Å²) in [7, 11) is 0. The van der Waals surface area contributed by atoms with Crippen molar-refractivity contribution in [2.75, 3.05) is 13.1 Å². The molecule has 1 aliphatic rings. The van der Waals surface area contributed by atoms with Gasteiger partial charge in [-0.2, -0.15) is 5.26 Å². The van der Waals surface area contributed by atoms with E-state index in [-0.39, 0.29) is 24.7 Å². The number of amides is 2. The Morgan fingerprint density at radius 3 is 2.78 bits per heavy atom. The number of nitrogens with zero attached hydrogens (tertiary/aromatic N) is 2. The van der Waals surface area contributed by atoms with Crippen molar-refractivity contribution in [2.45, 2.75) is 58.1 Å². The van der Waals surface area contributed by atoms with E-state index in [9.17, 15) is 14.0 Å². The summed E-state index contributed by atoms with van der Waals surface area (Å²) in [5.41, 5.74) is -0.676. The van der Waals surface area contributed by atoms with E-state index in [0.29, 0.717) is 25.8 Å². The zero-order valence-electron chi connectivity index (χ0n) is 13.9. The molecule has 1 unspecified atom stereocenters. The zero-order chi connectivity index (χ0) is 17.5. The molecule has 1 aliphatic heterocycles. The van der Waals surface area contributed by atoms with Crippen LogP contribution in [0.2, 0.25) is 0 Å². The lowest BCUT2D eigenvalue weighted by atomic mass is 10.1. The molecule has 23 heavy (non-hydrogen) atoms. The van der Waals surface area contributed by atoms with E-state index >= 15 is 0 Å². The quantitative estimate of drug-likeness (QED) is 0.788. The number of rotatable bonds is 5. The number of ether oxygens (including phenoxy) is 1. The second kappa shape index (κ2) is 8.51. The number of unbranched alkanes of at least 4 members (excludes halogenated alkanes) is 1. The Morgan fingerprint density at radius 2 is 2.22 bits per heavy atom. The highest BCUT2D eigenvalue weighted by Crippen LogP contribution is 2.14. The van der Waals surface area contributed by atoms with Gasteiger partial charge in [0.15, 0.2) is 0 Å². The number of carbonyl (C=O) groups is 2. The number of halogens is 1. The van der Waals surface area contributed by atoms with Gasteiger partial charge in [0.05, 0.1) is 12.6 Å². The molecule has 0 saturated carbocycles. The molecule has 7 heteroatoms. The molecule has 0 bridgehead atoms. The van der Waals surface area contributed by atoms with Crippen molar-refractivity contribution in [1.29, 1.82) is 5.26 Å². The first kappa shape index (κ1) is 18.9. The number of hydrogen-bond acceptors (Lipinski definition) is 4. The monoisotopic (exact) mass is 325 g/mol. The Balaban J connectivity index is 2.71. The molecule has 1 rings (SSSR count). The largest absolute Gasteiger partial charge is 0.444 e. The Bertz CT molecular complexity index is 506. The normalized spacial score (nSPS) is 16.1. The van der Waals surface area contributed by atoms with Crippen molar-refractivity contribution in [3.8, 4) is 6.07 Å². The predicted octanol–water partition coefficient (Wildman–Crippen LogP) is 2.66. The second-order valence-electron chi connectivity index (χ2n) is 6.45. The lowest BCUT2D eigenvalue weighted by Crippen LogP contribution is -2.50. The average Bonchev–Trinajstić information content (AvgIpc) is 2.43. The SMILES string of the molecule is CC(C)(C)OC(=O)NC(CCCC#N)C(=O)N1CCC=C(F)C1. The van der Waals surface area contributed by atoms with Gasteiger partial charge in [0, 0.05) is 13.0 Å². The third-order valence-electron chi connectivity index (χ3n) is 3.19. The van der Waals surface area contributed by atoms with Gasteiger partial charge in [-0.1, -0.05) is 0 Å². The zero-order valence-corrected chi connectivity index (χ0v) is 13.9. The molecule has 0 fully saturated rings. The minimum Gasteiger partial charge on any atom is -0.444 e. The van der Waals surface area contributed by atoms with Crippen molar-refractivity contribution in [3.63, 3.8) is 0 Å². The first-order valence-electron chi connectivity index (χ1n) is 7.72. The standard InChI is InChI=1S/C16H24FN3O3/c1-16(2,3)23-15(22)19-13(8-4-5-9-18)14(21)20-10-6-7-12(17)11-20/h7,13H,4-6,8,10-11H2,1-3H3,(H,19,22). The fourth-order valence-corrected chi connectivity index (χ4v) is 2.20. The fourth-order valence-electron chi connectivity index (χ4n) is 2.20. The summed E-state index contributed by atoms with van der Waals surface area (Å²) >= 11 is 0. The van der Waals surface area contributed by atoms with Crippen molar-refractivity contribution < 1.29 is 18.7 Å². The number of nitrogens with one attached hydrogen (secondary N) is 1. The van der Waals surface area contributed by atoms with E-state index in [2.05, 4.69) is 5.32 Å². The Morgan fingerprint density at radius 1 is 1.52 bits per heavy atom. The summed E-state index contributed by atoms with van der Waals surface area (Å²) < 4.78 is 18.5. The molecule has 0 aliphatic carbocycles. The van der Waals surface area contributed by atoms with E-state index in [4.69, 9.17) is 10.00 Å². The first-order valence-corrected chi connectivity index (χ1v) is 7.72. The first-order chi connectivity index (χ1) is 10.7. The van der Waals surface area contributed by atoms with Gasteiger partial charge >= 0.3 is 6.09 Å². The van der Waals surface area contributed by atoms with Crippen LogP contribution >= 0.6 is 0 Å². The number of carbonyl (C=O) groups excluding carboxylic acids is 2. The average molecular weight is 325 g/mol. The van der Waals surface area contributed by atoms with Crippen molar-refractivity contribution >= 4 is 12.0 Å². The summed E-state index contributed by atoms with van der Waals surface area (Å²) in [6, 6.07) is 1.19. The summed E-state index contributed by atoms with van der Waals surface area (Å²) in [4.78, 5) is 25.8. The molecule has 1 atom stereocenters. The van der Waals surface area contributed by atoms with Crippen LogP contribution in [0.5, 0.6) is 0 Å². The highest BCUT2D eigenvalue weighted by Gasteiger charge is 2.29. The minimum absolute atomic E-state index is 0.0798. The van der Waals surface area contributed by atoms with Crippen molar-refractivity contribution in [3.05, 3.63) is 11.9 Å². The van der Waals surface area contributed by atoms with Crippen LogP contribution in [0.4, 0.5) is 9.18 Å². The van der Waals surface area contributed by atoms with Gasteiger partial charge in [-0.05, 0) is 46.1 Å². The van der Waals surface area contributed by atoms with Crippen molar-refractivity contribution in [1.82, 2.24) is 10.2 Å². The predicted molar refractivity (Wildman–Crippen MR) is 83.0 cm³/mol. The summed E-state index contributed by atoms with van der Waals surface area (Å²) in [5.74, 6) is -0.699.